The number of carbonyl (C=O) groups is 1. The molecule has 0 spiro atoms. The second-order valence-corrected chi connectivity index (χ2v) is 8.82. The molecular weight excluding hydrogens is 430 g/mol. The van der Waals surface area contributed by atoms with Gasteiger partial charge >= 0.3 is 5.97 Å². The molecule has 3 aromatic rings. The molecule has 5 rings (SSSR count). The van der Waals surface area contributed by atoms with E-state index in [1.165, 1.54) is 5.69 Å². The number of ether oxygens (including phenoxy) is 1. The molecule has 2 fully saturated rings. The Morgan fingerprint density at radius 1 is 1.12 bits per heavy atom. The molecule has 0 bridgehead atoms. The predicted molar refractivity (Wildman–Crippen MR) is 123 cm³/mol. The summed E-state index contributed by atoms with van der Waals surface area (Å²) in [4.78, 5) is 28.4. The van der Waals surface area contributed by atoms with Crippen LogP contribution < -0.4 is 4.90 Å². The molecule has 0 unspecified atom stereocenters. The standard InChI is InChI=1S/C23H26ClN5O3/c24-18-13-19-22(26-20(25-19)14-28-7-5-16(6-8-28)23(30)31)27-21(18)15-1-3-17(4-2-15)29-9-11-32-12-10-29/h1-4,13,16H,5-12,14H2,(H,30,31)(H,25,26,27). The topological polar surface area (TPSA) is 94.6 Å². The van der Waals surface area contributed by atoms with E-state index in [-0.39, 0.29) is 5.92 Å². The summed E-state index contributed by atoms with van der Waals surface area (Å²) < 4.78 is 5.43. The predicted octanol–water partition coefficient (Wildman–Crippen LogP) is 3.41. The van der Waals surface area contributed by atoms with Crippen molar-refractivity contribution in [2.45, 2.75) is 19.4 Å². The Morgan fingerprint density at radius 3 is 2.53 bits per heavy atom. The number of pyridine rings is 1. The van der Waals surface area contributed by atoms with Crippen molar-refractivity contribution in [1.29, 1.82) is 0 Å². The Labute approximate surface area is 191 Å². The highest BCUT2D eigenvalue weighted by molar-refractivity contribution is 6.33. The van der Waals surface area contributed by atoms with Crippen molar-refractivity contribution >= 4 is 34.4 Å². The summed E-state index contributed by atoms with van der Waals surface area (Å²) in [5.74, 6) is -0.116. The molecule has 0 saturated carbocycles. The minimum Gasteiger partial charge on any atom is -0.481 e. The first-order valence-corrected chi connectivity index (χ1v) is 11.4. The first-order valence-electron chi connectivity index (χ1n) is 11.0. The summed E-state index contributed by atoms with van der Waals surface area (Å²) >= 11 is 6.57. The number of likely N-dealkylation sites (tertiary alicyclic amines) is 1. The van der Waals surface area contributed by atoms with E-state index >= 15 is 0 Å². The number of piperidine rings is 1. The number of hydrogen-bond donors (Lipinski definition) is 2. The van der Waals surface area contributed by atoms with Gasteiger partial charge in [0.25, 0.3) is 0 Å². The Morgan fingerprint density at radius 2 is 1.84 bits per heavy atom. The summed E-state index contributed by atoms with van der Waals surface area (Å²) in [5, 5.41) is 9.75. The fourth-order valence-corrected chi connectivity index (χ4v) is 4.71. The SMILES string of the molecule is O=C(O)C1CCN(Cc2nc3nc(-c4ccc(N5CCOCC5)cc4)c(Cl)cc3[nH]2)CC1. The Balaban J connectivity index is 1.32. The van der Waals surface area contributed by atoms with E-state index in [0.717, 1.165) is 56.3 Å². The molecule has 0 amide bonds. The summed E-state index contributed by atoms with van der Waals surface area (Å²) in [6.07, 6.45) is 1.34. The number of aromatic amines is 1. The van der Waals surface area contributed by atoms with Gasteiger partial charge < -0.3 is 19.7 Å². The second-order valence-electron chi connectivity index (χ2n) is 8.41. The zero-order valence-corrected chi connectivity index (χ0v) is 18.5. The molecule has 2 aliphatic heterocycles. The molecule has 4 heterocycles. The van der Waals surface area contributed by atoms with E-state index in [9.17, 15) is 9.90 Å². The van der Waals surface area contributed by atoms with Gasteiger partial charge in [0.1, 0.15) is 5.82 Å². The molecule has 8 nitrogen and oxygen atoms in total. The fraction of sp³-hybridized carbons (Fsp3) is 0.435. The number of aromatic nitrogens is 3. The molecule has 2 saturated heterocycles. The number of carboxylic acid groups (broad SMARTS) is 1. The molecule has 0 radical (unpaired) electrons. The quantitative estimate of drug-likeness (QED) is 0.608. The van der Waals surface area contributed by atoms with E-state index < -0.39 is 5.97 Å². The van der Waals surface area contributed by atoms with Crippen molar-refractivity contribution in [1.82, 2.24) is 19.9 Å². The highest BCUT2D eigenvalue weighted by Gasteiger charge is 2.25. The third-order valence-corrected chi connectivity index (χ3v) is 6.59. The average Bonchev–Trinajstić information content (AvgIpc) is 3.20. The molecule has 2 aliphatic rings. The smallest absolute Gasteiger partial charge is 0.306 e. The van der Waals surface area contributed by atoms with Gasteiger partial charge in [0, 0.05) is 24.3 Å². The summed E-state index contributed by atoms with van der Waals surface area (Å²) in [6, 6.07) is 10.2. The number of nitrogens with zero attached hydrogens (tertiary/aromatic N) is 4. The molecule has 9 heteroatoms. The van der Waals surface area contributed by atoms with Crippen molar-refractivity contribution < 1.29 is 14.6 Å². The number of halogens is 1. The van der Waals surface area contributed by atoms with Crippen LogP contribution in [0.1, 0.15) is 18.7 Å². The van der Waals surface area contributed by atoms with Gasteiger partial charge in [0.15, 0.2) is 5.65 Å². The van der Waals surface area contributed by atoms with E-state index in [1.807, 2.05) is 18.2 Å². The van der Waals surface area contributed by atoms with Crippen molar-refractivity contribution in [3.63, 3.8) is 0 Å². The van der Waals surface area contributed by atoms with E-state index in [4.69, 9.17) is 21.3 Å². The number of imidazole rings is 1. The minimum absolute atomic E-state index is 0.236. The zero-order chi connectivity index (χ0) is 22.1. The maximum absolute atomic E-state index is 11.2. The van der Waals surface area contributed by atoms with Crippen molar-refractivity contribution in [3.05, 3.63) is 41.2 Å². The van der Waals surface area contributed by atoms with Crippen LogP contribution in [0.4, 0.5) is 5.69 Å². The number of benzene rings is 1. The van der Waals surface area contributed by atoms with Crippen molar-refractivity contribution in [2.75, 3.05) is 44.3 Å². The van der Waals surface area contributed by atoms with Crippen LogP contribution >= 0.6 is 11.6 Å². The van der Waals surface area contributed by atoms with Crippen molar-refractivity contribution in [3.8, 4) is 11.3 Å². The normalized spacial score (nSPS) is 18.3. The lowest BCUT2D eigenvalue weighted by Gasteiger charge is -2.29. The number of H-pyrrole nitrogens is 1. The van der Waals surface area contributed by atoms with Crippen LogP contribution in [0, 0.1) is 5.92 Å². The summed E-state index contributed by atoms with van der Waals surface area (Å²) in [5.41, 5.74) is 4.28. The van der Waals surface area contributed by atoms with Gasteiger partial charge in [-0.1, -0.05) is 23.7 Å². The van der Waals surface area contributed by atoms with Gasteiger partial charge in [-0.25, -0.2) is 9.97 Å². The van der Waals surface area contributed by atoms with Crippen molar-refractivity contribution in [2.24, 2.45) is 5.92 Å². The average molecular weight is 456 g/mol. The number of anilines is 1. The van der Waals surface area contributed by atoms with E-state index in [1.54, 1.807) is 0 Å². The number of carboxylic acids is 1. The molecule has 168 valence electrons. The van der Waals surface area contributed by atoms with Gasteiger partial charge in [-0.2, -0.15) is 0 Å². The maximum atomic E-state index is 11.2. The van der Waals surface area contributed by atoms with Gasteiger partial charge in [-0.3, -0.25) is 9.69 Å². The molecular formula is C23H26ClN5O3. The fourth-order valence-electron chi connectivity index (χ4n) is 4.45. The number of nitrogens with one attached hydrogen (secondary N) is 1. The largest absolute Gasteiger partial charge is 0.481 e. The van der Waals surface area contributed by atoms with Crippen LogP contribution in [0.3, 0.4) is 0 Å². The number of fused-ring (bicyclic) bond motifs is 1. The lowest BCUT2D eigenvalue weighted by atomic mass is 9.97. The lowest BCUT2D eigenvalue weighted by Crippen LogP contribution is -2.36. The molecule has 1 aromatic carbocycles. The first kappa shape index (κ1) is 21.2. The van der Waals surface area contributed by atoms with Crippen LogP contribution in [0.25, 0.3) is 22.4 Å². The van der Waals surface area contributed by atoms with Gasteiger partial charge in [-0.05, 0) is 44.1 Å². The van der Waals surface area contributed by atoms with Crippen LogP contribution in [-0.4, -0.2) is 70.3 Å². The number of rotatable bonds is 5. The zero-order valence-electron chi connectivity index (χ0n) is 17.8. The third kappa shape index (κ3) is 4.44. The number of aliphatic carboxylic acids is 1. The number of morpholine rings is 1. The minimum atomic E-state index is -0.697. The lowest BCUT2D eigenvalue weighted by molar-refractivity contribution is -0.143. The van der Waals surface area contributed by atoms with Crippen LogP contribution in [0.5, 0.6) is 0 Å². The Bertz CT molecular complexity index is 1100. The maximum Gasteiger partial charge on any atom is 0.306 e. The summed E-state index contributed by atoms with van der Waals surface area (Å²) in [6.45, 7) is 5.45. The van der Waals surface area contributed by atoms with E-state index in [2.05, 4.69) is 31.9 Å². The molecule has 2 aromatic heterocycles. The second kappa shape index (κ2) is 9.05. The van der Waals surface area contributed by atoms with Gasteiger partial charge in [0.05, 0.1) is 41.9 Å². The van der Waals surface area contributed by atoms with Crippen LogP contribution in [0.2, 0.25) is 5.02 Å². The molecule has 32 heavy (non-hydrogen) atoms. The third-order valence-electron chi connectivity index (χ3n) is 6.30. The van der Waals surface area contributed by atoms with Crippen LogP contribution in [-0.2, 0) is 16.1 Å². The highest BCUT2D eigenvalue weighted by Crippen LogP contribution is 2.30. The molecule has 0 atom stereocenters. The van der Waals surface area contributed by atoms with E-state index in [0.29, 0.717) is 35.8 Å². The van der Waals surface area contributed by atoms with Crippen LogP contribution in [0.15, 0.2) is 30.3 Å². The summed E-state index contributed by atoms with van der Waals surface area (Å²) in [7, 11) is 0. The van der Waals surface area contributed by atoms with Gasteiger partial charge in [0.2, 0.25) is 0 Å². The monoisotopic (exact) mass is 455 g/mol. The molecule has 0 aliphatic carbocycles. The van der Waals surface area contributed by atoms with Gasteiger partial charge in [-0.15, -0.1) is 0 Å². The molecule has 2 N–H and O–H groups in total. The highest BCUT2D eigenvalue weighted by atomic mass is 35.5. The Kier molecular flexibility index (Phi) is 5.99. The number of hydrogen-bond acceptors (Lipinski definition) is 6. The Hall–Kier alpha value is -2.68. The first-order chi connectivity index (χ1) is 15.6.